The lowest BCUT2D eigenvalue weighted by molar-refractivity contribution is -0.125. The van der Waals surface area contributed by atoms with Gasteiger partial charge >= 0.3 is 12.2 Å². The number of rotatable bonds is 16. The molecule has 4 amide bonds. The summed E-state index contributed by atoms with van der Waals surface area (Å²) in [6.07, 6.45) is 3.50. The molecule has 0 saturated heterocycles. The zero-order valence-electron chi connectivity index (χ0n) is 33.0. The molecule has 0 aliphatic carbocycles. The summed E-state index contributed by atoms with van der Waals surface area (Å²) in [5, 5.41) is 20.0. The van der Waals surface area contributed by atoms with Gasteiger partial charge in [-0.25, -0.2) is 19.6 Å². The lowest BCUT2D eigenvalue weighted by atomic mass is 9.98. The molecule has 15 heteroatoms. The third kappa shape index (κ3) is 10.8. The SMILES string of the molecule is COC(=O)N[C@H](C(=O)N[C@@H](C)c1ncc(-c2ccc(-c3ccc(-c4ccc(-c5cnc([C@H](CSC)NC(=O)[C@@H](NC(=O)O)C(C)C)[nH]5)cc4)cc3)cc2)[nH]1)C(C)C. The van der Waals surface area contributed by atoms with Crippen molar-refractivity contribution < 1.29 is 29.0 Å². The minimum absolute atomic E-state index is 0.140. The number of thioether (sulfide) groups is 1. The second kappa shape index (κ2) is 19.2. The number of amides is 4. The van der Waals surface area contributed by atoms with E-state index in [0.29, 0.717) is 17.4 Å². The predicted octanol–water partition coefficient (Wildman–Crippen LogP) is 7.17. The van der Waals surface area contributed by atoms with Gasteiger partial charge in [-0.2, -0.15) is 11.8 Å². The van der Waals surface area contributed by atoms with E-state index in [0.717, 1.165) is 44.8 Å². The van der Waals surface area contributed by atoms with Crippen LogP contribution in [0.5, 0.6) is 0 Å². The highest BCUT2D eigenvalue weighted by Gasteiger charge is 2.28. The summed E-state index contributed by atoms with van der Waals surface area (Å²) in [5.41, 5.74) is 7.75. The molecular formula is C42H50N8O6S. The lowest BCUT2D eigenvalue weighted by Crippen LogP contribution is -2.50. The molecule has 0 fully saturated rings. The minimum atomic E-state index is -1.25. The van der Waals surface area contributed by atoms with Crippen LogP contribution in [0.15, 0.2) is 85.2 Å². The van der Waals surface area contributed by atoms with Gasteiger partial charge in [0, 0.05) is 5.75 Å². The Hall–Kier alpha value is -6.09. The van der Waals surface area contributed by atoms with Crippen molar-refractivity contribution >= 4 is 35.8 Å². The molecular weight excluding hydrogens is 745 g/mol. The summed E-state index contributed by atoms with van der Waals surface area (Å²) < 4.78 is 4.66. The van der Waals surface area contributed by atoms with Crippen molar-refractivity contribution in [1.82, 2.24) is 41.2 Å². The third-order valence-corrected chi connectivity index (χ3v) is 10.2. The van der Waals surface area contributed by atoms with E-state index in [2.05, 4.69) is 94.5 Å². The number of ether oxygens (including phenoxy) is 1. The molecule has 0 bridgehead atoms. The van der Waals surface area contributed by atoms with Crippen LogP contribution in [-0.4, -0.2) is 80.2 Å². The van der Waals surface area contributed by atoms with Gasteiger partial charge in [-0.3, -0.25) is 9.59 Å². The fourth-order valence-corrected chi connectivity index (χ4v) is 6.86. The molecule has 5 aromatic rings. The monoisotopic (exact) mass is 794 g/mol. The summed E-state index contributed by atoms with van der Waals surface area (Å²) >= 11 is 1.55. The Balaban J connectivity index is 1.20. The van der Waals surface area contributed by atoms with Gasteiger partial charge in [0.05, 0.1) is 43.0 Å². The smallest absolute Gasteiger partial charge is 0.407 e. The molecule has 0 aliphatic heterocycles. The van der Waals surface area contributed by atoms with E-state index < -0.39 is 42.3 Å². The first-order chi connectivity index (χ1) is 27.3. The van der Waals surface area contributed by atoms with Gasteiger partial charge in [-0.05, 0) is 58.4 Å². The van der Waals surface area contributed by atoms with Crippen LogP contribution in [0.3, 0.4) is 0 Å². The summed E-state index contributed by atoms with van der Waals surface area (Å²) in [4.78, 5) is 64.5. The van der Waals surface area contributed by atoms with Crippen molar-refractivity contribution in [3.63, 3.8) is 0 Å². The number of aromatic amines is 2. The summed E-state index contributed by atoms with van der Waals surface area (Å²) in [5.74, 6) is 0.654. The number of carbonyl (C=O) groups is 4. The van der Waals surface area contributed by atoms with Crippen LogP contribution in [0, 0.1) is 11.8 Å². The standard InChI is InChI=1S/C42H50N8O6S/c1-23(2)35(49-41(53)54)40(52)48-34(22-57-7)38-44-21-33(47-38)31-18-14-29(15-19-31)27-10-8-26(9-11-27)28-12-16-30(17-13-28)32-20-43-37(46-32)25(5)45-39(51)36(24(3)4)50-42(55)56-6/h8-21,23-25,34-36,49H,22H2,1-7H3,(H,43,46)(H,44,47)(H,45,51)(H,48,52)(H,50,55)(H,53,54)/t25-,34-,35-,36-/m0/s1. The number of H-pyrrole nitrogens is 2. The van der Waals surface area contributed by atoms with Crippen molar-refractivity contribution in [2.75, 3.05) is 19.1 Å². The first kappa shape index (κ1) is 42.1. The molecule has 14 nitrogen and oxygen atoms in total. The number of carboxylic acid groups (broad SMARTS) is 1. The Bertz CT molecular complexity index is 2130. The number of alkyl carbamates (subject to hydrolysis) is 1. The first-order valence-corrected chi connectivity index (χ1v) is 20.0. The molecule has 2 aromatic heterocycles. The highest BCUT2D eigenvalue weighted by Crippen LogP contribution is 2.29. The van der Waals surface area contributed by atoms with E-state index in [1.165, 1.54) is 7.11 Å². The Morgan fingerprint density at radius 1 is 0.632 bits per heavy atom. The van der Waals surface area contributed by atoms with Crippen molar-refractivity contribution in [2.45, 2.75) is 58.8 Å². The van der Waals surface area contributed by atoms with Crippen LogP contribution in [-0.2, 0) is 14.3 Å². The first-order valence-electron chi connectivity index (χ1n) is 18.6. The number of methoxy groups -OCH3 is 1. The van der Waals surface area contributed by atoms with E-state index in [9.17, 15) is 24.3 Å². The van der Waals surface area contributed by atoms with Gasteiger partial charge in [0.2, 0.25) is 11.8 Å². The maximum Gasteiger partial charge on any atom is 0.407 e. The van der Waals surface area contributed by atoms with Gasteiger partial charge < -0.3 is 41.1 Å². The normalized spacial score (nSPS) is 13.4. The van der Waals surface area contributed by atoms with E-state index >= 15 is 0 Å². The molecule has 5 rings (SSSR count). The van der Waals surface area contributed by atoms with Crippen LogP contribution in [0.1, 0.15) is 58.4 Å². The third-order valence-electron chi connectivity index (χ3n) is 9.52. The molecule has 0 unspecified atom stereocenters. The average Bonchev–Trinajstić information content (AvgIpc) is 3.90. The van der Waals surface area contributed by atoms with Crippen LogP contribution in [0.25, 0.3) is 44.8 Å². The number of hydrogen-bond donors (Lipinski definition) is 7. The Morgan fingerprint density at radius 2 is 1.04 bits per heavy atom. The molecule has 0 aliphatic rings. The average molecular weight is 795 g/mol. The highest BCUT2D eigenvalue weighted by atomic mass is 32.2. The minimum Gasteiger partial charge on any atom is -0.465 e. The molecule has 57 heavy (non-hydrogen) atoms. The molecule has 2 heterocycles. The number of aromatic nitrogens is 4. The van der Waals surface area contributed by atoms with Crippen LogP contribution in [0.2, 0.25) is 0 Å². The Morgan fingerprint density at radius 3 is 1.46 bits per heavy atom. The highest BCUT2D eigenvalue weighted by molar-refractivity contribution is 7.98. The molecule has 3 aromatic carbocycles. The number of imidazole rings is 2. The largest absolute Gasteiger partial charge is 0.465 e. The fourth-order valence-electron chi connectivity index (χ4n) is 6.28. The molecule has 300 valence electrons. The number of nitrogens with one attached hydrogen (secondary N) is 6. The van der Waals surface area contributed by atoms with Crippen molar-refractivity contribution in [1.29, 1.82) is 0 Å². The number of benzene rings is 3. The lowest BCUT2D eigenvalue weighted by Gasteiger charge is -2.23. The second-order valence-corrected chi connectivity index (χ2v) is 15.3. The van der Waals surface area contributed by atoms with Crippen molar-refractivity contribution in [3.05, 3.63) is 96.8 Å². The number of hydrogen-bond acceptors (Lipinski definition) is 8. The Kier molecular flexibility index (Phi) is 14.1. The summed E-state index contributed by atoms with van der Waals surface area (Å²) in [6, 6.07) is 22.2. The molecule has 4 atom stereocenters. The van der Waals surface area contributed by atoms with Gasteiger partial charge in [-0.1, -0.05) is 100 Å². The molecule has 0 radical (unpaired) electrons. The second-order valence-electron chi connectivity index (χ2n) is 14.4. The van der Waals surface area contributed by atoms with Crippen molar-refractivity contribution in [3.8, 4) is 44.8 Å². The molecule has 0 spiro atoms. The maximum atomic E-state index is 13.0. The van der Waals surface area contributed by atoms with E-state index in [4.69, 9.17) is 0 Å². The number of carbonyl (C=O) groups excluding carboxylic acids is 3. The topological polar surface area (TPSA) is 203 Å². The zero-order chi connectivity index (χ0) is 41.2. The van der Waals surface area contributed by atoms with Crippen LogP contribution >= 0.6 is 11.8 Å². The van der Waals surface area contributed by atoms with Crippen molar-refractivity contribution in [2.24, 2.45) is 11.8 Å². The fraction of sp³-hybridized carbons (Fsp3) is 0.333. The molecule has 0 saturated carbocycles. The van der Waals surface area contributed by atoms with Gasteiger partial charge in [0.1, 0.15) is 23.7 Å². The summed E-state index contributed by atoms with van der Waals surface area (Å²) in [7, 11) is 1.26. The van der Waals surface area contributed by atoms with E-state index in [-0.39, 0.29) is 17.7 Å². The van der Waals surface area contributed by atoms with Gasteiger partial charge in [-0.15, -0.1) is 0 Å². The quantitative estimate of drug-likeness (QED) is 0.0540. The van der Waals surface area contributed by atoms with Gasteiger partial charge in [0.15, 0.2) is 0 Å². The van der Waals surface area contributed by atoms with Crippen LogP contribution < -0.4 is 21.3 Å². The predicted molar refractivity (Wildman–Crippen MR) is 222 cm³/mol. The van der Waals surface area contributed by atoms with E-state index in [1.807, 2.05) is 51.3 Å². The molecule has 7 N–H and O–H groups in total. The number of nitrogens with zero attached hydrogens (tertiary/aromatic N) is 2. The van der Waals surface area contributed by atoms with Gasteiger partial charge in [0.25, 0.3) is 0 Å². The zero-order valence-corrected chi connectivity index (χ0v) is 33.9. The maximum absolute atomic E-state index is 13.0. The Labute approximate surface area is 336 Å². The van der Waals surface area contributed by atoms with Crippen LogP contribution in [0.4, 0.5) is 9.59 Å². The van der Waals surface area contributed by atoms with E-state index in [1.54, 1.807) is 38.0 Å². The summed E-state index contributed by atoms with van der Waals surface area (Å²) in [6.45, 7) is 9.10.